The highest BCUT2D eigenvalue weighted by molar-refractivity contribution is 5.75. The lowest BCUT2D eigenvalue weighted by molar-refractivity contribution is -0.121. The molecule has 0 atom stereocenters. The minimum Gasteiger partial charge on any atom is -0.393 e. The van der Waals surface area contributed by atoms with Gasteiger partial charge < -0.3 is 15.3 Å². The van der Waals surface area contributed by atoms with Crippen molar-refractivity contribution < 1.29 is 9.90 Å². The number of aryl methyl sites for hydroxylation is 2. The van der Waals surface area contributed by atoms with Crippen molar-refractivity contribution in [1.82, 2.24) is 10.2 Å². The van der Waals surface area contributed by atoms with Crippen LogP contribution in [-0.2, 0) is 11.2 Å². The second-order valence-electron chi connectivity index (χ2n) is 6.62. The number of aliphatic hydroxyl groups is 1. The molecule has 128 valence electrons. The Kier molecular flexibility index (Phi) is 7.56. The molecule has 1 aromatic carbocycles. The summed E-state index contributed by atoms with van der Waals surface area (Å²) in [6, 6.07) is 8.52. The molecular formula is C19H30N2O2. The predicted octanol–water partition coefficient (Wildman–Crippen LogP) is 2.28. The number of piperidine rings is 1. The molecule has 1 saturated heterocycles. The van der Waals surface area contributed by atoms with Crippen molar-refractivity contribution in [3.8, 4) is 0 Å². The molecule has 0 bridgehead atoms. The first-order valence-electron chi connectivity index (χ1n) is 8.86. The molecule has 0 aromatic heterocycles. The van der Waals surface area contributed by atoms with Crippen molar-refractivity contribution in [3.05, 3.63) is 35.4 Å². The molecule has 1 heterocycles. The topological polar surface area (TPSA) is 52.6 Å². The monoisotopic (exact) mass is 318 g/mol. The average molecular weight is 318 g/mol. The summed E-state index contributed by atoms with van der Waals surface area (Å²) in [6.07, 6.45) is 5.10. The molecule has 0 radical (unpaired) electrons. The quantitative estimate of drug-likeness (QED) is 0.723. The fourth-order valence-electron chi connectivity index (χ4n) is 2.97. The van der Waals surface area contributed by atoms with Gasteiger partial charge in [-0.3, -0.25) is 4.79 Å². The lowest BCUT2D eigenvalue weighted by atomic mass is 10.1. The molecule has 23 heavy (non-hydrogen) atoms. The van der Waals surface area contributed by atoms with Crippen LogP contribution in [0.5, 0.6) is 0 Å². The fourth-order valence-corrected chi connectivity index (χ4v) is 2.97. The normalized spacial score (nSPS) is 16.4. The Balaban J connectivity index is 1.49. The third-order valence-corrected chi connectivity index (χ3v) is 4.52. The maximum absolute atomic E-state index is 11.8. The number of nitrogens with zero attached hydrogens (tertiary/aromatic N) is 1. The van der Waals surface area contributed by atoms with Crippen LogP contribution in [0.3, 0.4) is 0 Å². The third-order valence-electron chi connectivity index (χ3n) is 4.52. The standard InChI is InChI=1S/C19H30N2O2/c1-16-6-8-17(9-7-16)4-2-5-19(23)20-12-3-13-21-14-10-18(22)11-15-21/h6-9,18,22H,2-5,10-15H2,1H3,(H,20,23). The van der Waals surface area contributed by atoms with E-state index in [1.807, 2.05) is 0 Å². The molecule has 4 heteroatoms. The third kappa shape index (κ3) is 7.14. The summed E-state index contributed by atoms with van der Waals surface area (Å²) in [5, 5.41) is 12.5. The van der Waals surface area contributed by atoms with E-state index >= 15 is 0 Å². The second kappa shape index (κ2) is 9.68. The van der Waals surface area contributed by atoms with Crippen LogP contribution < -0.4 is 5.32 Å². The number of nitrogens with one attached hydrogen (secondary N) is 1. The predicted molar refractivity (Wildman–Crippen MR) is 93.4 cm³/mol. The number of carbonyl (C=O) groups excluding carboxylic acids is 1. The number of amides is 1. The molecule has 0 spiro atoms. The van der Waals surface area contributed by atoms with Crippen molar-refractivity contribution in [1.29, 1.82) is 0 Å². The lowest BCUT2D eigenvalue weighted by Crippen LogP contribution is -2.37. The minimum absolute atomic E-state index is 0.112. The van der Waals surface area contributed by atoms with E-state index in [1.54, 1.807) is 0 Å². The Labute approximate surface area is 139 Å². The van der Waals surface area contributed by atoms with Crippen LogP contribution in [0.25, 0.3) is 0 Å². The first kappa shape index (κ1) is 18.0. The molecule has 1 fully saturated rings. The SMILES string of the molecule is Cc1ccc(CCCC(=O)NCCCN2CCC(O)CC2)cc1. The summed E-state index contributed by atoms with van der Waals surface area (Å²) < 4.78 is 0. The van der Waals surface area contributed by atoms with Crippen LogP contribution in [-0.4, -0.2) is 48.2 Å². The first-order valence-corrected chi connectivity index (χ1v) is 8.86. The van der Waals surface area contributed by atoms with E-state index in [1.165, 1.54) is 11.1 Å². The van der Waals surface area contributed by atoms with Gasteiger partial charge in [0.1, 0.15) is 0 Å². The number of likely N-dealkylation sites (tertiary alicyclic amines) is 1. The van der Waals surface area contributed by atoms with Gasteiger partial charge in [0.05, 0.1) is 6.10 Å². The van der Waals surface area contributed by atoms with Gasteiger partial charge in [0.2, 0.25) is 5.91 Å². The van der Waals surface area contributed by atoms with Crippen LogP contribution in [0.15, 0.2) is 24.3 Å². The summed E-state index contributed by atoms with van der Waals surface area (Å²) in [5.41, 5.74) is 2.57. The Hall–Kier alpha value is -1.39. The summed E-state index contributed by atoms with van der Waals surface area (Å²) in [5.74, 6) is 0.158. The minimum atomic E-state index is -0.112. The van der Waals surface area contributed by atoms with Crippen LogP contribution in [0.2, 0.25) is 0 Å². The maximum Gasteiger partial charge on any atom is 0.220 e. The van der Waals surface area contributed by atoms with Crippen LogP contribution in [0.1, 0.15) is 43.2 Å². The van der Waals surface area contributed by atoms with Gasteiger partial charge in [-0.1, -0.05) is 29.8 Å². The van der Waals surface area contributed by atoms with E-state index in [-0.39, 0.29) is 12.0 Å². The van der Waals surface area contributed by atoms with Crippen LogP contribution in [0.4, 0.5) is 0 Å². The molecule has 1 aliphatic rings. The summed E-state index contributed by atoms with van der Waals surface area (Å²) >= 11 is 0. The number of carbonyl (C=O) groups is 1. The highest BCUT2D eigenvalue weighted by Gasteiger charge is 2.16. The zero-order chi connectivity index (χ0) is 16.5. The summed E-state index contributed by atoms with van der Waals surface area (Å²) in [6.45, 7) is 5.80. The van der Waals surface area contributed by atoms with Gasteiger partial charge in [0, 0.05) is 26.1 Å². The molecule has 4 nitrogen and oxygen atoms in total. The second-order valence-corrected chi connectivity index (χ2v) is 6.62. The largest absolute Gasteiger partial charge is 0.393 e. The number of hydrogen-bond donors (Lipinski definition) is 2. The molecular weight excluding hydrogens is 288 g/mol. The summed E-state index contributed by atoms with van der Waals surface area (Å²) in [7, 11) is 0. The van der Waals surface area contributed by atoms with Crippen molar-refractivity contribution >= 4 is 5.91 Å². The molecule has 0 aliphatic carbocycles. The van der Waals surface area contributed by atoms with Crippen molar-refractivity contribution in [3.63, 3.8) is 0 Å². The van der Waals surface area contributed by atoms with Gasteiger partial charge in [-0.05, 0) is 51.1 Å². The zero-order valence-electron chi connectivity index (χ0n) is 14.3. The van der Waals surface area contributed by atoms with Gasteiger partial charge in [-0.2, -0.15) is 0 Å². The Bertz CT molecular complexity index is 465. The van der Waals surface area contributed by atoms with E-state index in [2.05, 4.69) is 41.4 Å². The zero-order valence-corrected chi connectivity index (χ0v) is 14.3. The smallest absolute Gasteiger partial charge is 0.220 e. The molecule has 1 aliphatic heterocycles. The van der Waals surface area contributed by atoms with Crippen LogP contribution >= 0.6 is 0 Å². The van der Waals surface area contributed by atoms with Gasteiger partial charge in [-0.15, -0.1) is 0 Å². The van der Waals surface area contributed by atoms with E-state index in [0.29, 0.717) is 6.42 Å². The number of aliphatic hydroxyl groups excluding tert-OH is 1. The van der Waals surface area contributed by atoms with Gasteiger partial charge in [-0.25, -0.2) is 0 Å². The maximum atomic E-state index is 11.8. The molecule has 1 aromatic rings. The average Bonchev–Trinajstić information content (AvgIpc) is 2.55. The number of benzene rings is 1. The lowest BCUT2D eigenvalue weighted by Gasteiger charge is -2.29. The van der Waals surface area contributed by atoms with Crippen molar-refractivity contribution in [2.24, 2.45) is 0 Å². The Morgan fingerprint density at radius 3 is 2.61 bits per heavy atom. The van der Waals surface area contributed by atoms with Crippen LogP contribution in [0, 0.1) is 6.92 Å². The summed E-state index contributed by atoms with van der Waals surface area (Å²) in [4.78, 5) is 14.2. The Morgan fingerprint density at radius 1 is 1.22 bits per heavy atom. The van der Waals surface area contributed by atoms with Gasteiger partial charge in [0.25, 0.3) is 0 Å². The molecule has 2 rings (SSSR count). The molecule has 0 saturated carbocycles. The van der Waals surface area contributed by atoms with Crippen molar-refractivity contribution in [2.75, 3.05) is 26.2 Å². The van der Waals surface area contributed by atoms with E-state index in [9.17, 15) is 9.90 Å². The fraction of sp³-hybridized carbons (Fsp3) is 0.632. The Morgan fingerprint density at radius 2 is 1.91 bits per heavy atom. The van der Waals surface area contributed by atoms with Crippen molar-refractivity contribution in [2.45, 2.75) is 51.6 Å². The van der Waals surface area contributed by atoms with E-state index < -0.39 is 0 Å². The van der Waals surface area contributed by atoms with E-state index in [4.69, 9.17) is 0 Å². The van der Waals surface area contributed by atoms with Gasteiger partial charge in [0.15, 0.2) is 0 Å². The molecule has 0 unspecified atom stereocenters. The van der Waals surface area contributed by atoms with E-state index in [0.717, 1.165) is 58.3 Å². The number of rotatable bonds is 8. The number of hydrogen-bond acceptors (Lipinski definition) is 3. The molecule has 1 amide bonds. The highest BCUT2D eigenvalue weighted by atomic mass is 16.3. The highest BCUT2D eigenvalue weighted by Crippen LogP contribution is 2.10. The first-order chi connectivity index (χ1) is 11.1. The van der Waals surface area contributed by atoms with Gasteiger partial charge >= 0.3 is 0 Å². The molecule has 2 N–H and O–H groups in total.